The third-order valence-corrected chi connectivity index (χ3v) is 1.53. The Morgan fingerprint density at radius 1 is 1.36 bits per heavy atom. The van der Waals surface area contributed by atoms with Crippen LogP contribution in [0.1, 0.15) is 13.8 Å². The Bertz CT molecular complexity index is 272. The van der Waals surface area contributed by atoms with Gasteiger partial charge in [0.25, 0.3) is 0 Å². The molecule has 0 bridgehead atoms. The molecule has 0 saturated carbocycles. The summed E-state index contributed by atoms with van der Waals surface area (Å²) in [5.41, 5.74) is 0.920. The van der Waals surface area contributed by atoms with Gasteiger partial charge in [-0.1, -0.05) is 36.4 Å². The molecule has 0 aliphatic heterocycles. The molecule has 0 spiro atoms. The van der Waals surface area contributed by atoms with Gasteiger partial charge < -0.3 is 10.1 Å². The number of ether oxygens (including phenoxy) is 1. The average Bonchev–Trinajstić information content (AvgIpc) is 2.19. The summed E-state index contributed by atoms with van der Waals surface area (Å²) in [4.78, 5) is 0. The van der Waals surface area contributed by atoms with E-state index in [1.54, 1.807) is 0 Å². The maximum Gasteiger partial charge on any atom is 1.00 e. The minimum Gasteiger partial charge on any atom is -0.628 e. The molecule has 70 valence electrons. The molecule has 0 radical (unpaired) electrons. The number of hydrogen-bond donors (Lipinski definition) is 0. The Balaban J connectivity index is 0.00000169. The Hall–Kier alpha value is -0.843. The SMILES string of the molecule is C/C=C(/[N-]c1ccccc1)OCC.[Li+]. The summed E-state index contributed by atoms with van der Waals surface area (Å²) in [7, 11) is 0. The zero-order valence-corrected chi connectivity index (χ0v) is 9.03. The molecule has 0 saturated heterocycles. The summed E-state index contributed by atoms with van der Waals surface area (Å²) in [5, 5.41) is 4.31. The Morgan fingerprint density at radius 2 is 2.00 bits per heavy atom. The van der Waals surface area contributed by atoms with Crippen molar-refractivity contribution in [2.45, 2.75) is 13.8 Å². The molecule has 1 aromatic carbocycles. The van der Waals surface area contributed by atoms with E-state index in [0.717, 1.165) is 5.69 Å². The molecule has 0 unspecified atom stereocenters. The van der Waals surface area contributed by atoms with Crippen LogP contribution in [0.4, 0.5) is 5.69 Å². The first-order valence-electron chi connectivity index (χ1n) is 4.42. The van der Waals surface area contributed by atoms with Crippen LogP contribution in [0.25, 0.3) is 5.32 Å². The van der Waals surface area contributed by atoms with Crippen LogP contribution in [0, 0.1) is 0 Å². The van der Waals surface area contributed by atoms with Gasteiger partial charge in [-0.25, -0.2) is 0 Å². The van der Waals surface area contributed by atoms with Crippen molar-refractivity contribution >= 4 is 5.69 Å². The smallest absolute Gasteiger partial charge is 0.628 e. The van der Waals surface area contributed by atoms with E-state index in [1.165, 1.54) is 0 Å². The summed E-state index contributed by atoms with van der Waals surface area (Å²) in [5.74, 6) is 0.675. The van der Waals surface area contributed by atoms with E-state index in [4.69, 9.17) is 4.74 Å². The summed E-state index contributed by atoms with van der Waals surface area (Å²) in [6.07, 6.45) is 1.86. The van der Waals surface area contributed by atoms with E-state index in [-0.39, 0.29) is 18.9 Å². The van der Waals surface area contributed by atoms with Crippen molar-refractivity contribution in [1.82, 2.24) is 0 Å². The van der Waals surface area contributed by atoms with Crippen molar-refractivity contribution in [3.8, 4) is 0 Å². The van der Waals surface area contributed by atoms with E-state index in [0.29, 0.717) is 12.5 Å². The van der Waals surface area contributed by atoms with Gasteiger partial charge in [0.15, 0.2) is 0 Å². The van der Waals surface area contributed by atoms with E-state index in [1.807, 2.05) is 50.3 Å². The summed E-state index contributed by atoms with van der Waals surface area (Å²) in [6, 6.07) is 9.77. The van der Waals surface area contributed by atoms with Crippen molar-refractivity contribution < 1.29 is 23.6 Å². The maximum absolute atomic E-state index is 5.29. The Labute approximate surface area is 97.5 Å². The van der Waals surface area contributed by atoms with Gasteiger partial charge in [0.1, 0.15) is 0 Å². The van der Waals surface area contributed by atoms with Crippen LogP contribution in [-0.4, -0.2) is 6.61 Å². The molecule has 0 aliphatic carbocycles. The molecule has 0 aliphatic rings. The van der Waals surface area contributed by atoms with Crippen LogP contribution in [0.2, 0.25) is 0 Å². The number of allylic oxidation sites excluding steroid dienone is 1. The second kappa shape index (κ2) is 7.55. The monoisotopic (exact) mass is 183 g/mol. The van der Waals surface area contributed by atoms with Crippen molar-refractivity contribution in [2.24, 2.45) is 0 Å². The molecule has 1 aromatic rings. The molecule has 0 heterocycles. The van der Waals surface area contributed by atoms with Gasteiger partial charge >= 0.3 is 18.9 Å². The zero-order chi connectivity index (χ0) is 9.52. The fourth-order valence-electron chi connectivity index (χ4n) is 0.958. The normalized spacial score (nSPS) is 10.3. The largest absolute Gasteiger partial charge is 1.00 e. The number of rotatable bonds is 4. The van der Waals surface area contributed by atoms with Crippen LogP contribution >= 0.6 is 0 Å². The van der Waals surface area contributed by atoms with Gasteiger partial charge in [-0.2, -0.15) is 0 Å². The topological polar surface area (TPSA) is 23.3 Å². The van der Waals surface area contributed by atoms with Crippen LogP contribution in [0.3, 0.4) is 0 Å². The molecule has 0 N–H and O–H groups in total. The predicted octanol–water partition coefficient (Wildman–Crippen LogP) is 0.594. The van der Waals surface area contributed by atoms with Crippen LogP contribution in [0.5, 0.6) is 0 Å². The quantitative estimate of drug-likeness (QED) is 0.495. The van der Waals surface area contributed by atoms with Crippen LogP contribution in [0.15, 0.2) is 42.3 Å². The molecule has 0 fully saturated rings. The van der Waals surface area contributed by atoms with Gasteiger partial charge in [-0.05, 0) is 13.8 Å². The second-order valence-corrected chi connectivity index (χ2v) is 2.51. The van der Waals surface area contributed by atoms with E-state index in [2.05, 4.69) is 5.32 Å². The number of benzene rings is 1. The van der Waals surface area contributed by atoms with Crippen molar-refractivity contribution in [1.29, 1.82) is 0 Å². The first-order valence-corrected chi connectivity index (χ1v) is 4.42. The first-order chi connectivity index (χ1) is 6.36. The van der Waals surface area contributed by atoms with Crippen LogP contribution < -0.4 is 18.9 Å². The first kappa shape index (κ1) is 13.2. The molecule has 3 heteroatoms. The number of hydrogen-bond acceptors (Lipinski definition) is 1. The Morgan fingerprint density at radius 3 is 2.50 bits per heavy atom. The van der Waals surface area contributed by atoms with Crippen molar-refractivity contribution in [3.63, 3.8) is 0 Å². The van der Waals surface area contributed by atoms with E-state index in [9.17, 15) is 0 Å². The molecule has 0 aromatic heterocycles. The number of nitrogens with zero attached hydrogens (tertiary/aromatic N) is 1. The standard InChI is InChI=1S/C11H14NO.Li/c1-3-11(13-4-2)12-10-8-6-5-7-9-10;/h3,5-9H,4H2,1-2H3;/q-1;+1/b11-3-;. The van der Waals surface area contributed by atoms with Gasteiger partial charge in [0, 0.05) is 5.88 Å². The minimum atomic E-state index is 0. The van der Waals surface area contributed by atoms with Gasteiger partial charge in [-0.3, -0.25) is 0 Å². The zero-order valence-electron chi connectivity index (χ0n) is 9.03. The molecule has 0 atom stereocenters. The fraction of sp³-hybridized carbons (Fsp3) is 0.273. The molecule has 0 amide bonds. The molecular formula is C11H14LiNO. The number of para-hydroxylation sites is 1. The molecule has 1 rings (SSSR count). The van der Waals surface area contributed by atoms with Gasteiger partial charge in [-0.15, -0.1) is 5.69 Å². The molecule has 14 heavy (non-hydrogen) atoms. The predicted molar refractivity (Wildman–Crippen MR) is 54.8 cm³/mol. The van der Waals surface area contributed by atoms with E-state index < -0.39 is 0 Å². The Kier molecular flexibility index (Phi) is 7.10. The molecular weight excluding hydrogens is 169 g/mol. The van der Waals surface area contributed by atoms with Crippen LogP contribution in [-0.2, 0) is 4.74 Å². The van der Waals surface area contributed by atoms with Gasteiger partial charge in [0.2, 0.25) is 0 Å². The van der Waals surface area contributed by atoms with Crippen molar-refractivity contribution in [3.05, 3.63) is 47.6 Å². The van der Waals surface area contributed by atoms with E-state index >= 15 is 0 Å². The second-order valence-electron chi connectivity index (χ2n) is 2.51. The van der Waals surface area contributed by atoms with Gasteiger partial charge in [0.05, 0.1) is 6.61 Å². The summed E-state index contributed by atoms with van der Waals surface area (Å²) in [6.45, 7) is 4.51. The molecule has 2 nitrogen and oxygen atoms in total. The maximum atomic E-state index is 5.29. The van der Waals surface area contributed by atoms with Crippen molar-refractivity contribution in [2.75, 3.05) is 6.61 Å². The average molecular weight is 183 g/mol. The third kappa shape index (κ3) is 4.41. The third-order valence-electron chi connectivity index (χ3n) is 1.53. The fourth-order valence-corrected chi connectivity index (χ4v) is 0.958. The minimum absolute atomic E-state index is 0. The summed E-state index contributed by atoms with van der Waals surface area (Å²) >= 11 is 0. The summed E-state index contributed by atoms with van der Waals surface area (Å²) < 4.78 is 5.29.